The molecule has 0 aromatic heterocycles. The minimum Gasteiger partial charge on any atom is -0.330 e. The average molecular weight is 184 g/mol. The van der Waals surface area contributed by atoms with Crippen molar-refractivity contribution in [2.45, 2.75) is 45.6 Å². The first kappa shape index (κ1) is 11.0. The van der Waals surface area contributed by atoms with E-state index < -0.39 is 0 Å². The van der Waals surface area contributed by atoms with Gasteiger partial charge in [0.25, 0.3) is 0 Å². The molecule has 1 aliphatic carbocycles. The van der Waals surface area contributed by atoms with Crippen molar-refractivity contribution >= 4 is 0 Å². The summed E-state index contributed by atoms with van der Waals surface area (Å²) in [6.45, 7) is 6.64. The average Bonchev–Trinajstić information content (AvgIpc) is 2.03. The molecule has 3 N–H and O–H groups in total. The van der Waals surface area contributed by atoms with Gasteiger partial charge in [0.15, 0.2) is 0 Å². The van der Waals surface area contributed by atoms with Crippen LogP contribution in [0, 0.1) is 11.8 Å². The van der Waals surface area contributed by atoms with Crippen LogP contribution in [0.2, 0.25) is 0 Å². The van der Waals surface area contributed by atoms with Gasteiger partial charge in [0, 0.05) is 6.04 Å². The lowest BCUT2D eigenvalue weighted by Crippen LogP contribution is -2.37. The molecule has 0 amide bonds. The van der Waals surface area contributed by atoms with Gasteiger partial charge in [-0.25, -0.2) is 0 Å². The highest BCUT2D eigenvalue weighted by molar-refractivity contribution is 4.79. The van der Waals surface area contributed by atoms with E-state index in [9.17, 15) is 0 Å². The van der Waals surface area contributed by atoms with Gasteiger partial charge in [-0.2, -0.15) is 0 Å². The third-order valence-corrected chi connectivity index (χ3v) is 2.99. The Morgan fingerprint density at radius 2 is 1.77 bits per heavy atom. The molecule has 0 aromatic carbocycles. The van der Waals surface area contributed by atoms with Crippen LogP contribution in [0.15, 0.2) is 0 Å². The molecule has 0 radical (unpaired) electrons. The maximum absolute atomic E-state index is 5.46. The minimum absolute atomic E-state index is 0.755. The first-order valence-corrected chi connectivity index (χ1v) is 5.65. The fraction of sp³-hybridized carbons (Fsp3) is 1.00. The van der Waals surface area contributed by atoms with E-state index in [1.165, 1.54) is 19.3 Å². The molecule has 1 fully saturated rings. The van der Waals surface area contributed by atoms with Crippen LogP contribution in [0.25, 0.3) is 0 Å². The van der Waals surface area contributed by atoms with E-state index in [2.05, 4.69) is 19.2 Å². The van der Waals surface area contributed by atoms with E-state index in [4.69, 9.17) is 5.73 Å². The van der Waals surface area contributed by atoms with Crippen molar-refractivity contribution in [1.29, 1.82) is 0 Å². The van der Waals surface area contributed by atoms with Gasteiger partial charge in [0.2, 0.25) is 0 Å². The second-order valence-corrected chi connectivity index (χ2v) is 4.71. The van der Waals surface area contributed by atoms with E-state index in [-0.39, 0.29) is 0 Å². The normalized spacial score (nSPS) is 34.8. The summed E-state index contributed by atoms with van der Waals surface area (Å²) in [5.41, 5.74) is 5.46. The zero-order valence-electron chi connectivity index (χ0n) is 9.05. The van der Waals surface area contributed by atoms with Crippen LogP contribution in [-0.2, 0) is 0 Å². The molecule has 1 saturated carbocycles. The third kappa shape index (κ3) is 4.10. The van der Waals surface area contributed by atoms with Gasteiger partial charge in [0.05, 0.1) is 0 Å². The fourth-order valence-electron chi connectivity index (χ4n) is 2.52. The van der Waals surface area contributed by atoms with Crippen molar-refractivity contribution in [2.24, 2.45) is 17.6 Å². The summed E-state index contributed by atoms with van der Waals surface area (Å²) < 4.78 is 0. The van der Waals surface area contributed by atoms with Gasteiger partial charge in [-0.3, -0.25) is 0 Å². The molecule has 2 atom stereocenters. The number of nitrogens with two attached hydrogens (primary N) is 1. The lowest BCUT2D eigenvalue weighted by molar-refractivity contribution is 0.239. The Morgan fingerprint density at radius 3 is 2.31 bits per heavy atom. The maximum atomic E-state index is 5.46. The molecule has 2 unspecified atom stereocenters. The first-order chi connectivity index (χ1) is 6.22. The van der Waals surface area contributed by atoms with Crippen LogP contribution in [0.4, 0.5) is 0 Å². The van der Waals surface area contributed by atoms with E-state index in [1.807, 2.05) is 0 Å². The molecule has 0 saturated heterocycles. The highest BCUT2D eigenvalue weighted by Crippen LogP contribution is 2.28. The Balaban J connectivity index is 2.17. The molecule has 13 heavy (non-hydrogen) atoms. The predicted octanol–water partition coefficient (Wildman–Crippen LogP) is 1.75. The van der Waals surface area contributed by atoms with E-state index >= 15 is 0 Å². The largest absolute Gasteiger partial charge is 0.330 e. The smallest absolute Gasteiger partial charge is 0.00721 e. The van der Waals surface area contributed by atoms with Crippen molar-refractivity contribution in [1.82, 2.24) is 5.32 Å². The molecule has 0 aliphatic heterocycles. The SMILES string of the molecule is CC1CC(C)CC(NCCCN)C1. The van der Waals surface area contributed by atoms with Crippen LogP contribution >= 0.6 is 0 Å². The lowest BCUT2D eigenvalue weighted by Gasteiger charge is -2.32. The third-order valence-electron chi connectivity index (χ3n) is 2.99. The molecule has 1 aliphatic rings. The van der Waals surface area contributed by atoms with Gasteiger partial charge in [-0.05, 0) is 50.6 Å². The van der Waals surface area contributed by atoms with Crippen molar-refractivity contribution < 1.29 is 0 Å². The van der Waals surface area contributed by atoms with Gasteiger partial charge < -0.3 is 11.1 Å². The Hall–Kier alpha value is -0.0800. The Bertz CT molecular complexity index is 126. The first-order valence-electron chi connectivity index (χ1n) is 5.65. The quantitative estimate of drug-likeness (QED) is 0.653. The minimum atomic E-state index is 0.755. The predicted molar refractivity (Wildman–Crippen MR) is 57.6 cm³/mol. The second-order valence-electron chi connectivity index (χ2n) is 4.71. The van der Waals surface area contributed by atoms with Gasteiger partial charge >= 0.3 is 0 Å². The number of nitrogens with one attached hydrogen (secondary N) is 1. The van der Waals surface area contributed by atoms with E-state index in [0.717, 1.165) is 37.4 Å². The molecule has 1 rings (SSSR count). The molecular weight excluding hydrogens is 160 g/mol. The summed E-state index contributed by atoms with van der Waals surface area (Å²) >= 11 is 0. The fourth-order valence-corrected chi connectivity index (χ4v) is 2.52. The van der Waals surface area contributed by atoms with Gasteiger partial charge in [-0.1, -0.05) is 13.8 Å². The molecule has 2 nitrogen and oxygen atoms in total. The molecule has 0 aromatic rings. The highest BCUT2D eigenvalue weighted by atomic mass is 14.9. The van der Waals surface area contributed by atoms with Crippen LogP contribution in [0.3, 0.4) is 0 Å². The number of rotatable bonds is 4. The second kappa shape index (κ2) is 5.61. The van der Waals surface area contributed by atoms with Crippen molar-refractivity contribution in [3.05, 3.63) is 0 Å². The molecule has 0 heterocycles. The monoisotopic (exact) mass is 184 g/mol. The zero-order chi connectivity index (χ0) is 9.68. The summed E-state index contributed by atoms with van der Waals surface area (Å²) in [4.78, 5) is 0. The summed E-state index contributed by atoms with van der Waals surface area (Å²) in [6, 6.07) is 0.755. The lowest BCUT2D eigenvalue weighted by atomic mass is 9.80. The topological polar surface area (TPSA) is 38.0 Å². The molecule has 78 valence electrons. The Labute approximate surface area is 82.3 Å². The van der Waals surface area contributed by atoms with Gasteiger partial charge in [0.1, 0.15) is 0 Å². The Kier molecular flexibility index (Phi) is 4.74. The summed E-state index contributed by atoms with van der Waals surface area (Å²) in [5, 5.41) is 3.60. The van der Waals surface area contributed by atoms with Crippen LogP contribution in [-0.4, -0.2) is 19.1 Å². The molecule has 0 spiro atoms. The Morgan fingerprint density at radius 1 is 1.15 bits per heavy atom. The summed E-state index contributed by atoms with van der Waals surface area (Å²) in [7, 11) is 0. The van der Waals surface area contributed by atoms with E-state index in [1.54, 1.807) is 0 Å². The standard InChI is InChI=1S/C11H24N2/c1-9-6-10(2)8-11(7-9)13-5-3-4-12/h9-11,13H,3-8,12H2,1-2H3. The summed E-state index contributed by atoms with van der Waals surface area (Å²) in [6.07, 6.45) is 5.23. The van der Waals surface area contributed by atoms with Crippen LogP contribution in [0.1, 0.15) is 39.5 Å². The van der Waals surface area contributed by atoms with Crippen molar-refractivity contribution in [3.63, 3.8) is 0 Å². The molecule has 0 bridgehead atoms. The van der Waals surface area contributed by atoms with Crippen molar-refractivity contribution in [2.75, 3.05) is 13.1 Å². The summed E-state index contributed by atoms with van der Waals surface area (Å²) in [5.74, 6) is 1.80. The van der Waals surface area contributed by atoms with E-state index in [0.29, 0.717) is 0 Å². The molecular formula is C11H24N2. The van der Waals surface area contributed by atoms with Crippen molar-refractivity contribution in [3.8, 4) is 0 Å². The number of hydrogen-bond donors (Lipinski definition) is 2. The van der Waals surface area contributed by atoms with Gasteiger partial charge in [-0.15, -0.1) is 0 Å². The van der Waals surface area contributed by atoms with Crippen LogP contribution < -0.4 is 11.1 Å². The number of hydrogen-bond acceptors (Lipinski definition) is 2. The highest BCUT2D eigenvalue weighted by Gasteiger charge is 2.22. The maximum Gasteiger partial charge on any atom is 0.00721 e. The molecule has 2 heteroatoms. The van der Waals surface area contributed by atoms with Crippen LogP contribution in [0.5, 0.6) is 0 Å². The zero-order valence-corrected chi connectivity index (χ0v) is 9.05.